The van der Waals surface area contributed by atoms with Crippen LogP contribution in [0.2, 0.25) is 0 Å². The van der Waals surface area contributed by atoms with Gasteiger partial charge in [0.15, 0.2) is 0 Å². The molecular weight excluding hydrogens is 607 g/mol. The maximum Gasteiger partial charge on any atom is 0.137 e. The molecule has 0 fully saturated rings. The molecular formula is C48H33NO. The summed E-state index contributed by atoms with van der Waals surface area (Å²) in [5, 5.41) is 2.20. The topological polar surface area (TPSA) is 16.4 Å². The highest BCUT2D eigenvalue weighted by molar-refractivity contribution is 6.13. The summed E-state index contributed by atoms with van der Waals surface area (Å²) >= 11 is 0. The summed E-state index contributed by atoms with van der Waals surface area (Å²) in [4.78, 5) is 2.35. The Morgan fingerprint density at radius 2 is 0.700 bits per heavy atom. The summed E-state index contributed by atoms with van der Waals surface area (Å²) in [6.45, 7) is 0. The van der Waals surface area contributed by atoms with Gasteiger partial charge in [-0.15, -0.1) is 0 Å². The predicted molar refractivity (Wildman–Crippen MR) is 210 cm³/mol. The van der Waals surface area contributed by atoms with Crippen molar-refractivity contribution in [3.8, 4) is 44.5 Å². The first kappa shape index (κ1) is 29.5. The number of hydrogen-bond donors (Lipinski definition) is 0. The first-order valence-electron chi connectivity index (χ1n) is 17.0. The fourth-order valence-corrected chi connectivity index (χ4v) is 7.16. The third-order valence-corrected chi connectivity index (χ3v) is 9.52. The van der Waals surface area contributed by atoms with Gasteiger partial charge < -0.3 is 9.32 Å². The van der Waals surface area contributed by atoms with Gasteiger partial charge in [0.25, 0.3) is 0 Å². The van der Waals surface area contributed by atoms with E-state index in [4.69, 9.17) is 4.42 Å². The number of fused-ring (bicyclic) bond motifs is 3. The minimum absolute atomic E-state index is 0.871. The van der Waals surface area contributed by atoms with Crippen molar-refractivity contribution in [2.24, 2.45) is 0 Å². The third-order valence-electron chi connectivity index (χ3n) is 9.52. The van der Waals surface area contributed by atoms with Gasteiger partial charge in [0.1, 0.15) is 11.2 Å². The van der Waals surface area contributed by atoms with Crippen LogP contribution in [-0.2, 0) is 0 Å². The highest BCUT2D eigenvalue weighted by Gasteiger charge is 2.20. The Morgan fingerprint density at radius 1 is 0.300 bits per heavy atom. The standard InChI is InChI=1S/C48H33NO/c1-3-14-34(15-4-1)40-18-7-9-20-42(40)36-26-30-38(31-27-36)49(45-23-13-25-47-48(45)44-22-11-12-24-46(44)50-47)39-32-28-37(29-33-39)43-21-10-8-19-41(43)35-16-5-2-6-17-35/h1-33H. The molecule has 8 aromatic carbocycles. The van der Waals surface area contributed by atoms with E-state index < -0.39 is 0 Å². The second kappa shape index (κ2) is 12.8. The van der Waals surface area contributed by atoms with Gasteiger partial charge in [0.05, 0.1) is 11.1 Å². The van der Waals surface area contributed by atoms with E-state index >= 15 is 0 Å². The number of furan rings is 1. The molecule has 9 aromatic rings. The van der Waals surface area contributed by atoms with Gasteiger partial charge in [0.2, 0.25) is 0 Å². The van der Waals surface area contributed by atoms with Gasteiger partial charge in [-0.25, -0.2) is 0 Å². The lowest BCUT2D eigenvalue weighted by atomic mass is 9.94. The van der Waals surface area contributed by atoms with E-state index in [0.717, 1.165) is 39.0 Å². The van der Waals surface area contributed by atoms with Crippen LogP contribution < -0.4 is 4.90 Å². The van der Waals surface area contributed by atoms with Crippen molar-refractivity contribution >= 4 is 39.0 Å². The number of nitrogens with zero attached hydrogens (tertiary/aromatic N) is 1. The van der Waals surface area contributed by atoms with Crippen molar-refractivity contribution < 1.29 is 4.42 Å². The van der Waals surface area contributed by atoms with Crippen molar-refractivity contribution in [1.29, 1.82) is 0 Å². The lowest BCUT2D eigenvalue weighted by molar-refractivity contribution is 0.669. The molecule has 0 spiro atoms. The molecule has 9 rings (SSSR count). The van der Waals surface area contributed by atoms with E-state index in [1.807, 2.05) is 12.1 Å². The van der Waals surface area contributed by atoms with Crippen molar-refractivity contribution in [2.75, 3.05) is 4.90 Å². The molecule has 0 saturated carbocycles. The van der Waals surface area contributed by atoms with Crippen LogP contribution in [0.15, 0.2) is 205 Å². The Hall–Kier alpha value is -6.64. The van der Waals surface area contributed by atoms with E-state index in [2.05, 4.69) is 193 Å². The summed E-state index contributed by atoms with van der Waals surface area (Å²) in [5.74, 6) is 0. The normalized spacial score (nSPS) is 11.2. The van der Waals surface area contributed by atoms with Gasteiger partial charge in [0, 0.05) is 16.8 Å². The minimum Gasteiger partial charge on any atom is -0.456 e. The lowest BCUT2D eigenvalue weighted by Crippen LogP contribution is -2.10. The SMILES string of the molecule is c1ccc(-c2ccccc2-c2ccc(N(c3ccc(-c4ccccc4-c4ccccc4)cc3)c3cccc4oc5ccccc5c34)cc2)cc1. The Bertz CT molecular complexity index is 2440. The lowest BCUT2D eigenvalue weighted by Gasteiger charge is -2.27. The van der Waals surface area contributed by atoms with E-state index in [0.29, 0.717) is 0 Å². The van der Waals surface area contributed by atoms with Crippen LogP contribution in [0, 0.1) is 0 Å². The summed E-state index contributed by atoms with van der Waals surface area (Å²) < 4.78 is 6.35. The molecule has 0 atom stereocenters. The smallest absolute Gasteiger partial charge is 0.137 e. The zero-order valence-electron chi connectivity index (χ0n) is 27.4. The van der Waals surface area contributed by atoms with Gasteiger partial charge >= 0.3 is 0 Å². The molecule has 0 aliphatic rings. The molecule has 0 N–H and O–H groups in total. The minimum atomic E-state index is 0.871. The van der Waals surface area contributed by atoms with Crippen molar-refractivity contribution in [3.63, 3.8) is 0 Å². The van der Waals surface area contributed by atoms with Crippen LogP contribution >= 0.6 is 0 Å². The predicted octanol–water partition coefficient (Wildman–Crippen LogP) is 13.7. The van der Waals surface area contributed by atoms with E-state index in [9.17, 15) is 0 Å². The molecule has 0 amide bonds. The van der Waals surface area contributed by atoms with Gasteiger partial charge in [-0.3, -0.25) is 0 Å². The third kappa shape index (κ3) is 5.34. The Morgan fingerprint density at radius 3 is 1.20 bits per heavy atom. The zero-order chi connectivity index (χ0) is 33.3. The van der Waals surface area contributed by atoms with Crippen LogP contribution in [0.4, 0.5) is 17.1 Å². The number of rotatable bonds is 7. The summed E-state index contributed by atoms with van der Waals surface area (Å²) in [5.41, 5.74) is 14.6. The molecule has 0 saturated heterocycles. The number of benzene rings is 8. The molecule has 2 nitrogen and oxygen atoms in total. The molecule has 236 valence electrons. The fraction of sp³-hybridized carbons (Fsp3) is 0. The highest BCUT2D eigenvalue weighted by Crippen LogP contribution is 2.44. The van der Waals surface area contributed by atoms with Crippen LogP contribution in [0.3, 0.4) is 0 Å². The molecule has 1 heterocycles. The molecule has 0 unspecified atom stereocenters. The monoisotopic (exact) mass is 639 g/mol. The molecule has 0 aliphatic carbocycles. The molecule has 0 aliphatic heterocycles. The van der Waals surface area contributed by atoms with Crippen LogP contribution in [0.25, 0.3) is 66.4 Å². The van der Waals surface area contributed by atoms with Crippen LogP contribution in [0.1, 0.15) is 0 Å². The maximum absolute atomic E-state index is 6.35. The van der Waals surface area contributed by atoms with Crippen LogP contribution in [0.5, 0.6) is 0 Å². The molecule has 2 heteroatoms. The highest BCUT2D eigenvalue weighted by atomic mass is 16.3. The van der Waals surface area contributed by atoms with E-state index in [-0.39, 0.29) is 0 Å². The maximum atomic E-state index is 6.35. The van der Waals surface area contributed by atoms with Crippen molar-refractivity contribution in [1.82, 2.24) is 0 Å². The first-order valence-corrected chi connectivity index (χ1v) is 17.0. The second-order valence-electron chi connectivity index (χ2n) is 12.5. The summed E-state index contributed by atoms with van der Waals surface area (Å²) in [7, 11) is 0. The Balaban J connectivity index is 1.18. The number of para-hydroxylation sites is 1. The number of anilines is 3. The summed E-state index contributed by atoms with van der Waals surface area (Å²) in [6.07, 6.45) is 0. The second-order valence-corrected chi connectivity index (χ2v) is 12.5. The average molecular weight is 640 g/mol. The van der Waals surface area contributed by atoms with Gasteiger partial charge in [-0.05, 0) is 87.0 Å². The largest absolute Gasteiger partial charge is 0.456 e. The average Bonchev–Trinajstić information content (AvgIpc) is 3.59. The van der Waals surface area contributed by atoms with E-state index in [1.54, 1.807) is 0 Å². The molecule has 0 bridgehead atoms. The van der Waals surface area contributed by atoms with Gasteiger partial charge in [-0.2, -0.15) is 0 Å². The van der Waals surface area contributed by atoms with E-state index in [1.165, 1.54) is 44.5 Å². The quantitative estimate of drug-likeness (QED) is 0.173. The van der Waals surface area contributed by atoms with Crippen molar-refractivity contribution in [2.45, 2.75) is 0 Å². The molecule has 50 heavy (non-hydrogen) atoms. The number of hydrogen-bond acceptors (Lipinski definition) is 2. The fourth-order valence-electron chi connectivity index (χ4n) is 7.16. The molecule has 0 radical (unpaired) electrons. The Labute approximate surface area is 292 Å². The Kier molecular flexibility index (Phi) is 7.53. The zero-order valence-corrected chi connectivity index (χ0v) is 27.4. The summed E-state index contributed by atoms with van der Waals surface area (Å²) in [6, 6.07) is 71.0. The van der Waals surface area contributed by atoms with Gasteiger partial charge in [-0.1, -0.05) is 158 Å². The molecule has 1 aromatic heterocycles. The van der Waals surface area contributed by atoms with Crippen LogP contribution in [-0.4, -0.2) is 0 Å². The first-order chi connectivity index (χ1) is 24.8. The van der Waals surface area contributed by atoms with Crippen molar-refractivity contribution in [3.05, 3.63) is 200 Å².